The molecule has 2 heterocycles. The fourth-order valence-corrected chi connectivity index (χ4v) is 3.51. The standard InChI is InChI=1S/C14H20ClN3O/c1-9-10-5-4-8-18(14(10)17-16-13(9)15)11-6-2-3-7-12(11)19/h11-12,19H,2-8H2,1H3/t11-,12-/m1/s1. The van der Waals surface area contributed by atoms with Crippen molar-refractivity contribution in [3.05, 3.63) is 16.3 Å². The molecule has 1 N–H and O–H groups in total. The molecule has 1 aromatic rings. The first-order chi connectivity index (χ1) is 9.18. The van der Waals surface area contributed by atoms with Gasteiger partial charge in [0.2, 0.25) is 0 Å². The van der Waals surface area contributed by atoms with Crippen molar-refractivity contribution in [1.29, 1.82) is 0 Å². The average molecular weight is 282 g/mol. The minimum Gasteiger partial charge on any atom is -0.391 e. The predicted octanol–water partition coefficient (Wildman–Crippen LogP) is 2.49. The van der Waals surface area contributed by atoms with E-state index < -0.39 is 0 Å². The number of fused-ring (bicyclic) bond motifs is 1. The molecule has 19 heavy (non-hydrogen) atoms. The molecule has 0 unspecified atom stereocenters. The zero-order valence-corrected chi connectivity index (χ0v) is 12.0. The minimum atomic E-state index is -0.238. The lowest BCUT2D eigenvalue weighted by Crippen LogP contribution is -2.48. The van der Waals surface area contributed by atoms with E-state index in [2.05, 4.69) is 15.1 Å². The number of aromatic nitrogens is 2. The molecule has 1 fully saturated rings. The van der Waals surface area contributed by atoms with Gasteiger partial charge >= 0.3 is 0 Å². The number of hydrogen-bond acceptors (Lipinski definition) is 4. The molecule has 4 nitrogen and oxygen atoms in total. The highest BCUT2D eigenvalue weighted by molar-refractivity contribution is 6.30. The Kier molecular flexibility index (Phi) is 3.63. The van der Waals surface area contributed by atoms with Gasteiger partial charge in [-0.2, -0.15) is 0 Å². The smallest absolute Gasteiger partial charge is 0.155 e. The molecule has 1 aliphatic carbocycles. The first-order valence-corrected chi connectivity index (χ1v) is 7.52. The Morgan fingerprint density at radius 3 is 2.79 bits per heavy atom. The maximum Gasteiger partial charge on any atom is 0.155 e. The van der Waals surface area contributed by atoms with E-state index in [1.807, 2.05) is 6.92 Å². The van der Waals surface area contributed by atoms with Crippen LogP contribution in [0.1, 0.15) is 43.2 Å². The Labute approximate surface area is 118 Å². The van der Waals surface area contributed by atoms with Crippen molar-refractivity contribution in [1.82, 2.24) is 10.2 Å². The Bertz CT molecular complexity index is 480. The van der Waals surface area contributed by atoms with Crippen LogP contribution in [-0.2, 0) is 6.42 Å². The Balaban J connectivity index is 1.96. The third-order valence-electron chi connectivity index (χ3n) is 4.46. The van der Waals surface area contributed by atoms with Crippen LogP contribution in [0.2, 0.25) is 5.15 Å². The van der Waals surface area contributed by atoms with Gasteiger partial charge in [-0.3, -0.25) is 0 Å². The summed E-state index contributed by atoms with van der Waals surface area (Å²) in [6.45, 7) is 2.97. The van der Waals surface area contributed by atoms with Crippen LogP contribution >= 0.6 is 11.6 Å². The van der Waals surface area contributed by atoms with Crippen molar-refractivity contribution >= 4 is 17.4 Å². The van der Waals surface area contributed by atoms with Crippen molar-refractivity contribution in [3.8, 4) is 0 Å². The van der Waals surface area contributed by atoms with Gasteiger partial charge in [0.1, 0.15) is 0 Å². The summed E-state index contributed by atoms with van der Waals surface area (Å²) in [6, 6.07) is 0.197. The topological polar surface area (TPSA) is 49.2 Å². The minimum absolute atomic E-state index is 0.197. The highest BCUT2D eigenvalue weighted by atomic mass is 35.5. The second-order valence-electron chi connectivity index (χ2n) is 5.63. The summed E-state index contributed by atoms with van der Waals surface area (Å²) in [6.07, 6.45) is 6.13. The molecule has 0 saturated heterocycles. The van der Waals surface area contributed by atoms with E-state index in [0.29, 0.717) is 5.15 Å². The molecule has 2 aliphatic rings. The lowest BCUT2D eigenvalue weighted by molar-refractivity contribution is 0.103. The van der Waals surface area contributed by atoms with Gasteiger partial charge in [-0.05, 0) is 38.2 Å². The van der Waals surface area contributed by atoms with Gasteiger partial charge < -0.3 is 10.0 Å². The Morgan fingerprint density at radius 2 is 2.00 bits per heavy atom. The lowest BCUT2D eigenvalue weighted by atomic mass is 9.89. The van der Waals surface area contributed by atoms with Crippen LogP contribution in [0.5, 0.6) is 0 Å². The number of hydrogen-bond donors (Lipinski definition) is 1. The zero-order chi connectivity index (χ0) is 13.4. The van der Waals surface area contributed by atoms with Crippen LogP contribution in [0.25, 0.3) is 0 Å². The molecule has 0 bridgehead atoms. The van der Waals surface area contributed by atoms with Crippen LogP contribution in [0, 0.1) is 6.92 Å². The quantitative estimate of drug-likeness (QED) is 0.859. The summed E-state index contributed by atoms with van der Waals surface area (Å²) in [7, 11) is 0. The molecule has 1 aliphatic heterocycles. The van der Waals surface area contributed by atoms with Gasteiger partial charge in [0.15, 0.2) is 11.0 Å². The highest BCUT2D eigenvalue weighted by Crippen LogP contribution is 2.34. The van der Waals surface area contributed by atoms with E-state index in [0.717, 1.165) is 50.0 Å². The number of aliphatic hydroxyl groups excluding tert-OH is 1. The van der Waals surface area contributed by atoms with E-state index in [9.17, 15) is 5.11 Å². The molecule has 3 rings (SSSR count). The van der Waals surface area contributed by atoms with Crippen LogP contribution in [0.4, 0.5) is 5.82 Å². The molecular formula is C14H20ClN3O. The molecule has 0 radical (unpaired) electrons. The highest BCUT2D eigenvalue weighted by Gasteiger charge is 2.33. The van der Waals surface area contributed by atoms with Crippen LogP contribution < -0.4 is 4.90 Å². The van der Waals surface area contributed by atoms with Crippen LogP contribution in [0.3, 0.4) is 0 Å². The number of rotatable bonds is 1. The average Bonchev–Trinajstić information content (AvgIpc) is 2.43. The van der Waals surface area contributed by atoms with Crippen LogP contribution in [0.15, 0.2) is 0 Å². The first-order valence-electron chi connectivity index (χ1n) is 7.15. The van der Waals surface area contributed by atoms with Crippen LogP contribution in [-0.4, -0.2) is 34.0 Å². The summed E-state index contributed by atoms with van der Waals surface area (Å²) in [5.74, 6) is 0.944. The van der Waals surface area contributed by atoms with Gasteiger partial charge in [0.05, 0.1) is 12.1 Å². The molecule has 1 aromatic heterocycles. The largest absolute Gasteiger partial charge is 0.391 e. The Hall–Kier alpha value is -0.870. The van der Waals surface area contributed by atoms with E-state index >= 15 is 0 Å². The van der Waals surface area contributed by atoms with Crippen molar-refractivity contribution < 1.29 is 5.11 Å². The number of anilines is 1. The molecule has 0 amide bonds. The number of aliphatic hydroxyl groups is 1. The fraction of sp³-hybridized carbons (Fsp3) is 0.714. The third kappa shape index (κ3) is 2.32. The number of nitrogens with zero attached hydrogens (tertiary/aromatic N) is 3. The van der Waals surface area contributed by atoms with E-state index in [1.54, 1.807) is 0 Å². The number of halogens is 1. The van der Waals surface area contributed by atoms with Crippen molar-refractivity contribution in [2.24, 2.45) is 0 Å². The molecular weight excluding hydrogens is 262 g/mol. The predicted molar refractivity (Wildman–Crippen MR) is 75.7 cm³/mol. The van der Waals surface area contributed by atoms with E-state index in [-0.39, 0.29) is 12.1 Å². The van der Waals surface area contributed by atoms with Gasteiger partial charge in [0.25, 0.3) is 0 Å². The Morgan fingerprint density at radius 1 is 1.21 bits per heavy atom. The summed E-state index contributed by atoms with van der Waals surface area (Å²) in [4.78, 5) is 2.26. The summed E-state index contributed by atoms with van der Waals surface area (Å²) in [5.41, 5.74) is 2.26. The van der Waals surface area contributed by atoms with E-state index in [1.165, 1.54) is 12.0 Å². The summed E-state index contributed by atoms with van der Waals surface area (Å²) >= 11 is 6.07. The third-order valence-corrected chi connectivity index (χ3v) is 4.82. The second kappa shape index (κ2) is 5.25. The van der Waals surface area contributed by atoms with Crippen molar-refractivity contribution in [2.45, 2.75) is 57.6 Å². The molecule has 0 aromatic carbocycles. The fourth-order valence-electron chi connectivity index (χ4n) is 3.36. The van der Waals surface area contributed by atoms with Crippen molar-refractivity contribution in [3.63, 3.8) is 0 Å². The normalized spacial score (nSPS) is 27.2. The first kappa shape index (κ1) is 13.1. The molecule has 104 valence electrons. The molecule has 0 spiro atoms. The summed E-state index contributed by atoms with van der Waals surface area (Å²) in [5, 5.41) is 19.1. The van der Waals surface area contributed by atoms with Gasteiger partial charge in [-0.15, -0.1) is 10.2 Å². The molecule has 5 heteroatoms. The zero-order valence-electron chi connectivity index (χ0n) is 11.3. The monoisotopic (exact) mass is 281 g/mol. The van der Waals surface area contributed by atoms with Crippen molar-refractivity contribution in [2.75, 3.05) is 11.4 Å². The maximum atomic E-state index is 10.3. The van der Waals surface area contributed by atoms with Gasteiger partial charge in [-0.25, -0.2) is 0 Å². The van der Waals surface area contributed by atoms with Gasteiger partial charge in [-0.1, -0.05) is 24.4 Å². The molecule has 2 atom stereocenters. The second-order valence-corrected chi connectivity index (χ2v) is 5.99. The van der Waals surface area contributed by atoms with E-state index in [4.69, 9.17) is 11.6 Å². The SMILES string of the molecule is Cc1c(Cl)nnc2c1CCCN2[C@@H]1CCCC[C@H]1O. The molecule has 1 saturated carbocycles. The summed E-state index contributed by atoms with van der Waals surface area (Å²) < 4.78 is 0. The van der Waals surface area contributed by atoms with Gasteiger partial charge in [0, 0.05) is 12.1 Å². The lowest BCUT2D eigenvalue weighted by Gasteiger charge is -2.41. The maximum absolute atomic E-state index is 10.3.